The maximum absolute atomic E-state index is 12.7. The third-order valence-electron chi connectivity index (χ3n) is 4.95. The Balaban J connectivity index is 1.67. The van der Waals surface area contributed by atoms with Crippen molar-refractivity contribution in [2.75, 3.05) is 10.6 Å². The first-order chi connectivity index (χ1) is 15.5. The van der Waals surface area contributed by atoms with Crippen molar-refractivity contribution in [1.29, 1.82) is 0 Å². The van der Waals surface area contributed by atoms with Crippen molar-refractivity contribution < 1.29 is 14.3 Å². The van der Waals surface area contributed by atoms with E-state index in [1.807, 2.05) is 38.1 Å². The number of nitrogens with one attached hydrogen (secondary N) is 2. The zero-order valence-corrected chi connectivity index (χ0v) is 21.1. The number of carbonyl (C=O) groups is 2. The summed E-state index contributed by atoms with van der Waals surface area (Å²) in [4.78, 5) is 25.4. The van der Waals surface area contributed by atoms with Gasteiger partial charge in [0.1, 0.15) is 5.75 Å². The van der Waals surface area contributed by atoms with Crippen LogP contribution in [0.3, 0.4) is 0 Å². The van der Waals surface area contributed by atoms with E-state index < -0.39 is 0 Å². The fraction of sp³-hybridized carbons (Fsp3) is 0.259. The molecule has 0 radical (unpaired) electrons. The summed E-state index contributed by atoms with van der Waals surface area (Å²) in [6, 6.07) is 19.9. The predicted octanol–water partition coefficient (Wildman–Crippen LogP) is 7.04. The molecule has 3 aromatic carbocycles. The molecular formula is C27H29BrN2O3. The molecule has 0 atom stereocenters. The Morgan fingerprint density at radius 2 is 1.36 bits per heavy atom. The first-order valence-electron chi connectivity index (χ1n) is 10.8. The highest BCUT2D eigenvalue weighted by Crippen LogP contribution is 2.28. The number of ether oxygens (including phenoxy) is 1. The molecular weight excluding hydrogens is 480 g/mol. The predicted molar refractivity (Wildman–Crippen MR) is 137 cm³/mol. The molecule has 0 saturated heterocycles. The normalized spacial score (nSPS) is 11.2. The van der Waals surface area contributed by atoms with Crippen LogP contribution in [-0.2, 0) is 5.41 Å². The summed E-state index contributed by atoms with van der Waals surface area (Å²) in [7, 11) is 0. The van der Waals surface area contributed by atoms with Gasteiger partial charge in [0.25, 0.3) is 11.8 Å². The average molecular weight is 509 g/mol. The summed E-state index contributed by atoms with van der Waals surface area (Å²) in [5, 5.41) is 5.76. The summed E-state index contributed by atoms with van der Waals surface area (Å²) in [6.07, 6.45) is 0.0374. The summed E-state index contributed by atoms with van der Waals surface area (Å²) in [6.45, 7) is 10.3. The van der Waals surface area contributed by atoms with Crippen molar-refractivity contribution in [2.45, 2.75) is 46.1 Å². The number of anilines is 2. The molecule has 0 saturated carbocycles. The van der Waals surface area contributed by atoms with Gasteiger partial charge >= 0.3 is 0 Å². The van der Waals surface area contributed by atoms with Crippen LogP contribution in [0.1, 0.15) is 60.9 Å². The van der Waals surface area contributed by atoms with E-state index in [-0.39, 0.29) is 23.3 Å². The lowest BCUT2D eigenvalue weighted by molar-refractivity contribution is 0.101. The van der Waals surface area contributed by atoms with E-state index in [4.69, 9.17) is 4.74 Å². The number of carbonyl (C=O) groups excluding carboxylic acids is 2. The molecule has 0 aromatic heterocycles. The third kappa shape index (κ3) is 6.68. The van der Waals surface area contributed by atoms with Gasteiger partial charge in [0, 0.05) is 22.5 Å². The highest BCUT2D eigenvalue weighted by molar-refractivity contribution is 9.10. The Morgan fingerprint density at radius 3 is 1.88 bits per heavy atom. The summed E-state index contributed by atoms with van der Waals surface area (Å²) in [5.74, 6) is 0.221. The Morgan fingerprint density at radius 1 is 0.818 bits per heavy atom. The van der Waals surface area contributed by atoms with Gasteiger partial charge < -0.3 is 15.4 Å². The molecule has 0 unspecified atom stereocenters. The second-order valence-corrected chi connectivity index (χ2v) is 9.98. The topological polar surface area (TPSA) is 67.4 Å². The van der Waals surface area contributed by atoms with Crippen LogP contribution in [0.15, 0.2) is 71.2 Å². The van der Waals surface area contributed by atoms with E-state index in [2.05, 4.69) is 47.3 Å². The van der Waals surface area contributed by atoms with Crippen LogP contribution >= 0.6 is 15.9 Å². The minimum absolute atomic E-state index is 0.0267. The van der Waals surface area contributed by atoms with Gasteiger partial charge in [-0.2, -0.15) is 0 Å². The second-order valence-electron chi connectivity index (χ2n) is 9.13. The smallest absolute Gasteiger partial charge is 0.255 e. The SMILES string of the molecule is CC(C)Oc1ccc(C(=O)Nc2cccc(NC(=O)c3ccc(C(C)(C)C)cc3)c2)cc1Br. The summed E-state index contributed by atoms with van der Waals surface area (Å²) >= 11 is 3.45. The molecule has 0 heterocycles. The van der Waals surface area contributed by atoms with Crippen molar-refractivity contribution in [3.8, 4) is 5.75 Å². The number of rotatable bonds is 6. The molecule has 0 fully saturated rings. The van der Waals surface area contributed by atoms with Gasteiger partial charge in [-0.1, -0.05) is 39.0 Å². The lowest BCUT2D eigenvalue weighted by Crippen LogP contribution is -2.15. The zero-order chi connectivity index (χ0) is 24.2. The molecule has 5 nitrogen and oxygen atoms in total. The largest absolute Gasteiger partial charge is 0.490 e. The van der Waals surface area contributed by atoms with E-state index in [0.29, 0.717) is 32.7 Å². The summed E-state index contributed by atoms with van der Waals surface area (Å²) < 4.78 is 6.40. The standard InChI is InChI=1S/C27H29BrN2O3/c1-17(2)33-24-14-11-19(15-23(24)28)26(32)30-22-8-6-7-21(16-22)29-25(31)18-9-12-20(13-10-18)27(3,4)5/h6-17H,1-5H3,(H,29,31)(H,30,32). The molecule has 3 aromatic rings. The maximum Gasteiger partial charge on any atom is 0.255 e. The molecule has 0 spiro atoms. The second kappa shape index (κ2) is 10.2. The van der Waals surface area contributed by atoms with E-state index in [1.54, 1.807) is 42.5 Å². The van der Waals surface area contributed by atoms with Gasteiger partial charge in [0.15, 0.2) is 0 Å². The van der Waals surface area contributed by atoms with Crippen molar-refractivity contribution in [2.24, 2.45) is 0 Å². The first kappa shape index (κ1) is 24.5. The van der Waals surface area contributed by atoms with Crippen LogP contribution in [0.5, 0.6) is 5.75 Å². The van der Waals surface area contributed by atoms with Gasteiger partial charge in [-0.05, 0) is 89.3 Å². The number of halogens is 1. The molecule has 33 heavy (non-hydrogen) atoms. The van der Waals surface area contributed by atoms with Crippen LogP contribution < -0.4 is 15.4 Å². The lowest BCUT2D eigenvalue weighted by Gasteiger charge is -2.19. The first-order valence-corrected chi connectivity index (χ1v) is 11.6. The van der Waals surface area contributed by atoms with Crippen LogP contribution in [0.2, 0.25) is 0 Å². The molecule has 0 aliphatic heterocycles. The highest BCUT2D eigenvalue weighted by atomic mass is 79.9. The molecule has 0 aliphatic carbocycles. The van der Waals surface area contributed by atoms with Gasteiger partial charge in [0.2, 0.25) is 0 Å². The Bertz CT molecular complexity index is 1150. The van der Waals surface area contributed by atoms with Crippen LogP contribution in [0, 0.1) is 0 Å². The Labute approximate surface area is 203 Å². The molecule has 0 aliphatic rings. The van der Waals surface area contributed by atoms with Crippen molar-refractivity contribution in [3.63, 3.8) is 0 Å². The van der Waals surface area contributed by atoms with Crippen molar-refractivity contribution >= 4 is 39.1 Å². The monoisotopic (exact) mass is 508 g/mol. The molecule has 3 rings (SSSR count). The maximum atomic E-state index is 12.7. The van der Waals surface area contributed by atoms with Gasteiger partial charge in [-0.25, -0.2) is 0 Å². The van der Waals surface area contributed by atoms with Crippen molar-refractivity contribution in [3.05, 3.63) is 87.9 Å². The quantitative estimate of drug-likeness (QED) is 0.375. The van der Waals surface area contributed by atoms with Crippen molar-refractivity contribution in [1.82, 2.24) is 0 Å². The fourth-order valence-corrected chi connectivity index (χ4v) is 3.67. The molecule has 6 heteroatoms. The molecule has 172 valence electrons. The van der Waals surface area contributed by atoms with Crippen LogP contribution in [-0.4, -0.2) is 17.9 Å². The lowest BCUT2D eigenvalue weighted by atomic mass is 9.87. The van der Waals surface area contributed by atoms with Gasteiger partial charge in [-0.15, -0.1) is 0 Å². The van der Waals surface area contributed by atoms with E-state index in [9.17, 15) is 9.59 Å². The van der Waals surface area contributed by atoms with Gasteiger partial charge in [0.05, 0.1) is 10.6 Å². The minimum Gasteiger partial charge on any atom is -0.490 e. The van der Waals surface area contributed by atoms with E-state index in [1.165, 1.54) is 5.56 Å². The van der Waals surface area contributed by atoms with Gasteiger partial charge in [-0.3, -0.25) is 9.59 Å². The molecule has 0 bridgehead atoms. The number of hydrogen-bond donors (Lipinski definition) is 2. The van der Waals surface area contributed by atoms with E-state index >= 15 is 0 Å². The van der Waals surface area contributed by atoms with Crippen LogP contribution in [0.4, 0.5) is 11.4 Å². The fourth-order valence-electron chi connectivity index (χ4n) is 3.19. The number of hydrogen-bond acceptors (Lipinski definition) is 3. The van der Waals surface area contributed by atoms with Crippen LogP contribution in [0.25, 0.3) is 0 Å². The number of benzene rings is 3. The molecule has 2 N–H and O–H groups in total. The molecule has 2 amide bonds. The third-order valence-corrected chi connectivity index (χ3v) is 5.57. The zero-order valence-electron chi connectivity index (χ0n) is 19.5. The highest BCUT2D eigenvalue weighted by Gasteiger charge is 2.15. The Hall–Kier alpha value is -3.12. The number of amides is 2. The summed E-state index contributed by atoms with van der Waals surface area (Å²) in [5.41, 5.74) is 3.44. The average Bonchev–Trinajstić information content (AvgIpc) is 2.74. The minimum atomic E-state index is -0.256. The Kier molecular flexibility index (Phi) is 7.59. The van der Waals surface area contributed by atoms with E-state index in [0.717, 1.165) is 0 Å².